The fourth-order valence-corrected chi connectivity index (χ4v) is 2.70. The van der Waals surface area contributed by atoms with Gasteiger partial charge in [0.2, 0.25) is 0 Å². The lowest BCUT2D eigenvalue weighted by atomic mass is 9.74. The summed E-state index contributed by atoms with van der Waals surface area (Å²) in [4.78, 5) is 1.14. The Morgan fingerprint density at radius 1 is 1.43 bits per heavy atom. The average Bonchev–Trinajstić information content (AvgIpc) is 2.14. The summed E-state index contributed by atoms with van der Waals surface area (Å²) in [6, 6.07) is 6.15. The average molecular weight is 226 g/mol. The maximum absolute atomic E-state index is 10.2. The molecule has 0 aliphatic heterocycles. The zero-order valence-corrected chi connectivity index (χ0v) is 9.87. The lowest BCUT2D eigenvalue weighted by Gasteiger charge is -2.38. The molecule has 1 aliphatic rings. The van der Waals surface area contributed by atoms with Crippen LogP contribution in [-0.2, 0) is 5.60 Å². The van der Waals surface area contributed by atoms with Crippen LogP contribution < -0.4 is 0 Å². The Bertz CT molecular complexity index is 345. The highest BCUT2D eigenvalue weighted by molar-refractivity contribution is 8.68. The van der Waals surface area contributed by atoms with E-state index in [0.29, 0.717) is 0 Å². The van der Waals surface area contributed by atoms with Crippen LogP contribution in [0, 0.1) is 6.92 Å². The van der Waals surface area contributed by atoms with Gasteiger partial charge in [0.25, 0.3) is 0 Å². The van der Waals surface area contributed by atoms with E-state index < -0.39 is 5.60 Å². The fourth-order valence-electron chi connectivity index (χ4n) is 2.00. The van der Waals surface area contributed by atoms with Gasteiger partial charge in [0.05, 0.1) is 5.60 Å². The summed E-state index contributed by atoms with van der Waals surface area (Å²) in [5.41, 5.74) is 1.73. The molecule has 1 aromatic carbocycles. The van der Waals surface area contributed by atoms with Gasteiger partial charge in [-0.15, -0.1) is 11.7 Å². The second-order valence-corrected chi connectivity index (χ2v) is 5.15. The van der Waals surface area contributed by atoms with Crippen molar-refractivity contribution in [1.82, 2.24) is 0 Å². The summed E-state index contributed by atoms with van der Waals surface area (Å²) in [5, 5.41) is 10.2. The summed E-state index contributed by atoms with van der Waals surface area (Å²) in [5.74, 6) is 0. The summed E-state index contributed by atoms with van der Waals surface area (Å²) < 4.78 is 0. The summed E-state index contributed by atoms with van der Waals surface area (Å²) >= 11 is 4.16. The van der Waals surface area contributed by atoms with Crippen LogP contribution in [0.1, 0.15) is 30.4 Å². The molecule has 0 atom stereocenters. The number of aliphatic hydroxyl groups is 1. The predicted octanol–water partition coefficient (Wildman–Crippen LogP) is 3.30. The highest BCUT2D eigenvalue weighted by Crippen LogP contribution is 2.43. The molecule has 76 valence electrons. The third-order valence-electron chi connectivity index (χ3n) is 2.99. The van der Waals surface area contributed by atoms with Crippen LogP contribution in [0.5, 0.6) is 0 Å². The number of hydrogen-bond acceptors (Lipinski definition) is 3. The first-order chi connectivity index (χ1) is 6.65. The van der Waals surface area contributed by atoms with E-state index in [1.807, 2.05) is 12.1 Å². The first-order valence-corrected chi connectivity index (χ1v) is 6.67. The van der Waals surface area contributed by atoms with E-state index in [0.717, 1.165) is 29.7 Å². The lowest BCUT2D eigenvalue weighted by Crippen LogP contribution is -2.34. The molecule has 1 saturated carbocycles. The van der Waals surface area contributed by atoms with E-state index in [1.165, 1.54) is 16.4 Å². The molecular weight excluding hydrogens is 212 g/mol. The van der Waals surface area contributed by atoms with E-state index >= 15 is 0 Å². The number of thiol groups is 1. The zero-order valence-electron chi connectivity index (χ0n) is 8.16. The van der Waals surface area contributed by atoms with Crippen molar-refractivity contribution in [3.63, 3.8) is 0 Å². The third-order valence-corrected chi connectivity index (χ3v) is 4.08. The fraction of sp³-hybridized carbons (Fsp3) is 0.455. The van der Waals surface area contributed by atoms with E-state index in [4.69, 9.17) is 0 Å². The SMILES string of the molecule is Cc1cc(SS)ccc1C1(O)CCC1. The van der Waals surface area contributed by atoms with Crippen molar-refractivity contribution in [3.8, 4) is 0 Å². The molecule has 2 rings (SSSR count). The highest BCUT2D eigenvalue weighted by Gasteiger charge is 2.37. The topological polar surface area (TPSA) is 20.2 Å². The minimum atomic E-state index is -0.538. The van der Waals surface area contributed by atoms with E-state index in [9.17, 15) is 5.11 Å². The first kappa shape index (κ1) is 10.4. The van der Waals surface area contributed by atoms with Crippen LogP contribution in [0.15, 0.2) is 23.1 Å². The minimum absolute atomic E-state index is 0.538. The van der Waals surface area contributed by atoms with Crippen molar-refractivity contribution >= 4 is 22.5 Å². The van der Waals surface area contributed by atoms with Crippen LogP contribution in [-0.4, -0.2) is 5.11 Å². The van der Waals surface area contributed by atoms with Crippen molar-refractivity contribution < 1.29 is 5.11 Å². The molecule has 1 N–H and O–H groups in total. The predicted molar refractivity (Wildman–Crippen MR) is 63.8 cm³/mol. The molecule has 1 fully saturated rings. The van der Waals surface area contributed by atoms with Gasteiger partial charge in [-0.1, -0.05) is 16.9 Å². The summed E-state index contributed by atoms with van der Waals surface area (Å²) in [6.45, 7) is 2.05. The maximum Gasteiger partial charge on any atom is 0.0899 e. The van der Waals surface area contributed by atoms with Gasteiger partial charge in [-0.05, 0) is 49.4 Å². The number of rotatable bonds is 2. The Morgan fingerprint density at radius 3 is 2.57 bits per heavy atom. The first-order valence-electron chi connectivity index (χ1n) is 4.81. The van der Waals surface area contributed by atoms with Crippen molar-refractivity contribution in [2.75, 3.05) is 0 Å². The Morgan fingerprint density at radius 2 is 2.14 bits per heavy atom. The van der Waals surface area contributed by atoms with Crippen LogP contribution in [0.25, 0.3) is 0 Å². The van der Waals surface area contributed by atoms with Crippen LogP contribution in [0.3, 0.4) is 0 Å². The normalized spacial score (nSPS) is 19.1. The molecule has 0 saturated heterocycles. The highest BCUT2D eigenvalue weighted by atomic mass is 33.1. The van der Waals surface area contributed by atoms with E-state index in [2.05, 4.69) is 24.7 Å². The molecule has 0 radical (unpaired) electrons. The molecular formula is C11H14OS2. The van der Waals surface area contributed by atoms with Crippen LogP contribution in [0.2, 0.25) is 0 Å². The number of benzene rings is 1. The van der Waals surface area contributed by atoms with Crippen molar-refractivity contribution in [2.24, 2.45) is 0 Å². The second kappa shape index (κ2) is 3.80. The van der Waals surface area contributed by atoms with Gasteiger partial charge in [0, 0.05) is 4.90 Å². The zero-order chi connectivity index (χ0) is 10.2. The number of hydrogen-bond donors (Lipinski definition) is 2. The largest absolute Gasteiger partial charge is 0.385 e. The van der Waals surface area contributed by atoms with Crippen molar-refractivity contribution in [1.29, 1.82) is 0 Å². The third kappa shape index (κ3) is 1.69. The molecule has 3 heteroatoms. The minimum Gasteiger partial charge on any atom is -0.385 e. The maximum atomic E-state index is 10.2. The summed E-state index contributed by atoms with van der Waals surface area (Å²) in [7, 11) is 1.44. The van der Waals surface area contributed by atoms with E-state index in [1.54, 1.807) is 0 Å². The quantitative estimate of drug-likeness (QED) is 0.596. The second-order valence-electron chi connectivity index (χ2n) is 3.95. The van der Waals surface area contributed by atoms with Crippen molar-refractivity contribution in [2.45, 2.75) is 36.7 Å². The van der Waals surface area contributed by atoms with E-state index in [-0.39, 0.29) is 0 Å². The summed E-state index contributed by atoms with van der Waals surface area (Å²) in [6.07, 6.45) is 2.95. The standard InChI is InChI=1S/C11H14OS2/c1-8-7-9(14-13)3-4-10(8)11(12)5-2-6-11/h3-4,7,12-13H,2,5-6H2,1H3. The molecule has 0 amide bonds. The molecule has 1 aliphatic carbocycles. The monoisotopic (exact) mass is 226 g/mol. The van der Waals surface area contributed by atoms with Gasteiger partial charge in [0.15, 0.2) is 0 Å². The Hall–Kier alpha value is -0.120. The molecule has 0 aromatic heterocycles. The smallest absolute Gasteiger partial charge is 0.0899 e. The van der Waals surface area contributed by atoms with Crippen molar-refractivity contribution in [3.05, 3.63) is 29.3 Å². The van der Waals surface area contributed by atoms with Crippen LogP contribution >= 0.6 is 22.5 Å². The molecule has 0 heterocycles. The number of aryl methyl sites for hydroxylation is 1. The molecule has 14 heavy (non-hydrogen) atoms. The molecule has 1 nitrogen and oxygen atoms in total. The Kier molecular flexibility index (Phi) is 2.82. The lowest BCUT2D eigenvalue weighted by molar-refractivity contribution is -0.0393. The Labute approximate surface area is 93.7 Å². The molecule has 1 aromatic rings. The van der Waals surface area contributed by atoms with Gasteiger partial charge >= 0.3 is 0 Å². The van der Waals surface area contributed by atoms with Gasteiger partial charge in [-0.25, -0.2) is 0 Å². The van der Waals surface area contributed by atoms with Gasteiger partial charge < -0.3 is 5.11 Å². The molecule has 0 spiro atoms. The van der Waals surface area contributed by atoms with Gasteiger partial charge in [-0.3, -0.25) is 0 Å². The molecule has 0 unspecified atom stereocenters. The molecule has 0 bridgehead atoms. The van der Waals surface area contributed by atoms with Gasteiger partial charge in [0.1, 0.15) is 0 Å². The van der Waals surface area contributed by atoms with Crippen LogP contribution in [0.4, 0.5) is 0 Å². The Balaban J connectivity index is 2.35. The van der Waals surface area contributed by atoms with Gasteiger partial charge in [-0.2, -0.15) is 0 Å².